The van der Waals surface area contributed by atoms with Gasteiger partial charge in [-0.15, -0.1) is 0 Å². The van der Waals surface area contributed by atoms with Crippen LogP contribution >= 0.6 is 0 Å². The number of nitrogens with zero attached hydrogens (tertiary/aromatic N) is 2. The fraction of sp³-hybridized carbons (Fsp3) is 0.889. The highest BCUT2D eigenvalue weighted by Crippen LogP contribution is 2.11. The molecule has 1 saturated heterocycles. The molecule has 0 radical (unpaired) electrons. The molecule has 2 amide bonds. The van der Waals surface area contributed by atoms with E-state index in [0.717, 1.165) is 45.7 Å². The second kappa shape index (κ2) is 11.4. The van der Waals surface area contributed by atoms with Gasteiger partial charge in [0.25, 0.3) is 0 Å². The van der Waals surface area contributed by atoms with Crippen LogP contribution in [0, 0.1) is 11.8 Å². The van der Waals surface area contributed by atoms with Gasteiger partial charge in [-0.2, -0.15) is 0 Å². The van der Waals surface area contributed by atoms with Crippen LogP contribution in [0.3, 0.4) is 0 Å². The first kappa shape index (κ1) is 20.9. The molecule has 1 aliphatic rings. The molecule has 1 heterocycles. The first-order valence-corrected chi connectivity index (χ1v) is 9.32. The molecule has 6 nitrogen and oxygen atoms in total. The summed E-state index contributed by atoms with van der Waals surface area (Å²) in [5, 5.41) is 6.23. The molecule has 1 rings (SSSR count). The van der Waals surface area contributed by atoms with E-state index in [0.29, 0.717) is 31.2 Å². The Morgan fingerprint density at radius 3 is 2.42 bits per heavy atom. The Labute approximate surface area is 147 Å². The minimum absolute atomic E-state index is 0.133. The average molecular weight is 341 g/mol. The highest BCUT2D eigenvalue weighted by Gasteiger charge is 2.18. The van der Waals surface area contributed by atoms with Crippen molar-refractivity contribution in [2.75, 3.05) is 52.9 Å². The predicted octanol–water partition coefficient (Wildman–Crippen LogP) is 0.929. The van der Waals surface area contributed by atoms with Crippen molar-refractivity contribution in [2.45, 2.75) is 40.0 Å². The van der Waals surface area contributed by atoms with Gasteiger partial charge in [0.2, 0.25) is 11.8 Å². The number of piperazine rings is 1. The first-order chi connectivity index (χ1) is 11.4. The van der Waals surface area contributed by atoms with Gasteiger partial charge >= 0.3 is 0 Å². The Bertz CT molecular complexity index is 381. The lowest BCUT2D eigenvalue weighted by atomic mass is 10.0. The van der Waals surface area contributed by atoms with E-state index >= 15 is 0 Å². The molecule has 140 valence electrons. The van der Waals surface area contributed by atoms with Gasteiger partial charge in [-0.3, -0.25) is 9.59 Å². The molecule has 1 unspecified atom stereocenters. The minimum atomic E-state index is 0.133. The second-order valence-corrected chi connectivity index (χ2v) is 7.48. The van der Waals surface area contributed by atoms with Crippen LogP contribution in [0.4, 0.5) is 0 Å². The summed E-state index contributed by atoms with van der Waals surface area (Å²) in [6.45, 7) is 12.2. The molecular weight excluding hydrogens is 304 g/mol. The van der Waals surface area contributed by atoms with Crippen molar-refractivity contribution in [2.24, 2.45) is 11.8 Å². The molecule has 0 spiro atoms. The standard InChI is InChI=1S/C18H36N4O2/c1-15(2)13-17(23)20-8-10-21(4)9-5-16(3)14-18(24)22-11-6-19-7-12-22/h15-16,19H,5-14H2,1-4H3,(H,20,23). The van der Waals surface area contributed by atoms with Crippen molar-refractivity contribution in [3.8, 4) is 0 Å². The Hall–Kier alpha value is -1.14. The van der Waals surface area contributed by atoms with Crippen LogP contribution in [0.1, 0.15) is 40.0 Å². The molecule has 0 aromatic rings. The van der Waals surface area contributed by atoms with Crippen LogP contribution in [-0.2, 0) is 9.59 Å². The van der Waals surface area contributed by atoms with Crippen molar-refractivity contribution in [3.63, 3.8) is 0 Å². The molecular formula is C18H36N4O2. The van der Waals surface area contributed by atoms with Gasteiger partial charge in [-0.25, -0.2) is 0 Å². The maximum Gasteiger partial charge on any atom is 0.222 e. The Kier molecular flexibility index (Phi) is 9.95. The number of carbonyl (C=O) groups excluding carboxylic acids is 2. The van der Waals surface area contributed by atoms with Crippen LogP contribution in [0.2, 0.25) is 0 Å². The molecule has 1 atom stereocenters. The third kappa shape index (κ3) is 9.23. The van der Waals surface area contributed by atoms with E-state index in [4.69, 9.17) is 0 Å². The third-order valence-corrected chi connectivity index (χ3v) is 4.41. The van der Waals surface area contributed by atoms with Crippen molar-refractivity contribution < 1.29 is 9.59 Å². The number of likely N-dealkylation sites (N-methyl/N-ethyl adjacent to an activating group) is 1. The monoisotopic (exact) mass is 340 g/mol. The van der Waals surface area contributed by atoms with Gasteiger partial charge < -0.3 is 20.4 Å². The lowest BCUT2D eigenvalue weighted by Crippen LogP contribution is -2.46. The van der Waals surface area contributed by atoms with Crippen molar-refractivity contribution in [1.82, 2.24) is 20.4 Å². The number of nitrogens with one attached hydrogen (secondary N) is 2. The molecule has 0 aliphatic carbocycles. The predicted molar refractivity (Wildman–Crippen MR) is 97.8 cm³/mol. The van der Waals surface area contributed by atoms with Gasteiger partial charge in [0.15, 0.2) is 0 Å². The SMILES string of the molecule is CC(C)CC(=O)NCCN(C)CCC(C)CC(=O)N1CCNCC1. The molecule has 0 saturated carbocycles. The van der Waals surface area contributed by atoms with Gasteiger partial charge in [0.05, 0.1) is 0 Å². The number of carbonyl (C=O) groups is 2. The largest absolute Gasteiger partial charge is 0.355 e. The number of rotatable bonds is 10. The Morgan fingerprint density at radius 2 is 1.79 bits per heavy atom. The summed E-state index contributed by atoms with van der Waals surface area (Å²) in [5.41, 5.74) is 0. The number of hydrogen-bond donors (Lipinski definition) is 2. The summed E-state index contributed by atoms with van der Waals surface area (Å²) < 4.78 is 0. The van der Waals surface area contributed by atoms with Crippen molar-refractivity contribution >= 4 is 11.8 Å². The van der Waals surface area contributed by atoms with E-state index in [1.54, 1.807) is 0 Å². The van der Waals surface area contributed by atoms with Gasteiger partial charge in [-0.1, -0.05) is 20.8 Å². The van der Waals surface area contributed by atoms with E-state index in [2.05, 4.69) is 43.4 Å². The molecule has 0 aromatic carbocycles. The fourth-order valence-electron chi connectivity index (χ4n) is 2.83. The molecule has 24 heavy (non-hydrogen) atoms. The van der Waals surface area contributed by atoms with E-state index in [1.165, 1.54) is 0 Å². The molecule has 0 bridgehead atoms. The summed E-state index contributed by atoms with van der Waals surface area (Å²) in [5.74, 6) is 1.21. The van der Waals surface area contributed by atoms with Gasteiger partial charge in [0, 0.05) is 52.1 Å². The third-order valence-electron chi connectivity index (χ3n) is 4.41. The summed E-state index contributed by atoms with van der Waals surface area (Å²) in [7, 11) is 2.07. The normalized spacial score (nSPS) is 16.5. The van der Waals surface area contributed by atoms with Gasteiger partial charge in [0.1, 0.15) is 0 Å². The highest BCUT2D eigenvalue weighted by molar-refractivity contribution is 5.76. The minimum Gasteiger partial charge on any atom is -0.355 e. The zero-order valence-corrected chi connectivity index (χ0v) is 15.9. The van der Waals surface area contributed by atoms with Crippen LogP contribution in [-0.4, -0.2) is 74.5 Å². The summed E-state index contributed by atoms with van der Waals surface area (Å²) in [6, 6.07) is 0. The first-order valence-electron chi connectivity index (χ1n) is 9.32. The van der Waals surface area contributed by atoms with E-state index in [1.807, 2.05) is 4.90 Å². The van der Waals surface area contributed by atoms with Crippen molar-refractivity contribution in [3.05, 3.63) is 0 Å². The van der Waals surface area contributed by atoms with Crippen LogP contribution in [0.5, 0.6) is 0 Å². The number of hydrogen-bond acceptors (Lipinski definition) is 4. The quantitative estimate of drug-likeness (QED) is 0.621. The molecule has 1 aliphatic heterocycles. The zero-order chi connectivity index (χ0) is 17.9. The van der Waals surface area contributed by atoms with Gasteiger partial charge in [-0.05, 0) is 31.8 Å². The Morgan fingerprint density at radius 1 is 1.12 bits per heavy atom. The van der Waals surface area contributed by atoms with Crippen molar-refractivity contribution in [1.29, 1.82) is 0 Å². The topological polar surface area (TPSA) is 64.7 Å². The molecule has 1 fully saturated rings. The number of amides is 2. The summed E-state index contributed by atoms with van der Waals surface area (Å²) in [6.07, 6.45) is 2.24. The average Bonchev–Trinajstić information content (AvgIpc) is 2.53. The maximum atomic E-state index is 12.2. The maximum absolute atomic E-state index is 12.2. The molecule has 0 aromatic heterocycles. The Balaban J connectivity index is 2.11. The molecule has 6 heteroatoms. The lowest BCUT2D eigenvalue weighted by molar-refractivity contribution is -0.132. The second-order valence-electron chi connectivity index (χ2n) is 7.48. The highest BCUT2D eigenvalue weighted by atomic mass is 16.2. The van der Waals surface area contributed by atoms with Crippen LogP contribution in [0.25, 0.3) is 0 Å². The fourth-order valence-corrected chi connectivity index (χ4v) is 2.83. The van der Waals surface area contributed by atoms with E-state index in [9.17, 15) is 9.59 Å². The summed E-state index contributed by atoms with van der Waals surface area (Å²) in [4.78, 5) is 28.0. The molecule has 2 N–H and O–H groups in total. The lowest BCUT2D eigenvalue weighted by Gasteiger charge is -2.28. The zero-order valence-electron chi connectivity index (χ0n) is 15.9. The smallest absolute Gasteiger partial charge is 0.222 e. The van der Waals surface area contributed by atoms with Crippen LogP contribution in [0.15, 0.2) is 0 Å². The van der Waals surface area contributed by atoms with E-state index < -0.39 is 0 Å². The van der Waals surface area contributed by atoms with Crippen LogP contribution < -0.4 is 10.6 Å². The van der Waals surface area contributed by atoms with E-state index in [-0.39, 0.29) is 11.8 Å². The summed E-state index contributed by atoms with van der Waals surface area (Å²) >= 11 is 0.